The lowest BCUT2D eigenvalue weighted by molar-refractivity contribution is -0.206. The maximum absolute atomic E-state index is 14.0. The van der Waals surface area contributed by atoms with Crippen LogP contribution in [0, 0.1) is 5.92 Å². The minimum atomic E-state index is -4.93. The van der Waals surface area contributed by atoms with E-state index in [2.05, 4.69) is 15.4 Å². The molecule has 0 bridgehead atoms. The number of carbonyl (C=O) groups is 2. The Morgan fingerprint density at radius 3 is 2.47 bits per heavy atom. The number of ether oxygens (including phenoxy) is 1. The van der Waals surface area contributed by atoms with Crippen LogP contribution in [0.15, 0.2) is 18.3 Å². The summed E-state index contributed by atoms with van der Waals surface area (Å²) < 4.78 is 86.5. The van der Waals surface area contributed by atoms with Crippen molar-refractivity contribution in [1.82, 2.24) is 14.8 Å². The van der Waals surface area contributed by atoms with E-state index < -0.39 is 59.8 Å². The van der Waals surface area contributed by atoms with E-state index in [1.807, 2.05) is 0 Å². The molecule has 2 atom stereocenters. The van der Waals surface area contributed by atoms with E-state index in [9.17, 15) is 35.9 Å². The van der Waals surface area contributed by atoms with E-state index >= 15 is 0 Å². The van der Waals surface area contributed by atoms with Crippen molar-refractivity contribution in [2.24, 2.45) is 11.7 Å². The van der Waals surface area contributed by atoms with Gasteiger partial charge in [0.15, 0.2) is 6.10 Å². The number of nitrogens with one attached hydrogen (secondary N) is 1. The number of aromatic nitrogens is 3. The lowest BCUT2D eigenvalue weighted by Crippen LogP contribution is -2.28. The van der Waals surface area contributed by atoms with Gasteiger partial charge in [-0.1, -0.05) is 0 Å². The predicted octanol–water partition coefficient (Wildman–Crippen LogP) is 3.49. The van der Waals surface area contributed by atoms with Crippen LogP contribution >= 0.6 is 0 Å². The van der Waals surface area contributed by atoms with Gasteiger partial charge in [0.1, 0.15) is 17.0 Å². The number of primary amides is 1. The Morgan fingerprint density at radius 1 is 1.21 bits per heavy atom. The van der Waals surface area contributed by atoms with Crippen LogP contribution < -0.4 is 11.1 Å². The number of amides is 2. The molecule has 14 heteroatoms. The molecule has 4 rings (SSSR count). The first kappa shape index (κ1) is 24.0. The van der Waals surface area contributed by atoms with Crippen LogP contribution in [0.25, 0.3) is 0 Å². The molecule has 2 amide bonds. The Kier molecular flexibility index (Phi) is 6.04. The zero-order valence-corrected chi connectivity index (χ0v) is 17.4. The van der Waals surface area contributed by atoms with E-state index in [1.165, 1.54) is 6.07 Å². The molecule has 0 aromatic carbocycles. The summed E-state index contributed by atoms with van der Waals surface area (Å²) in [5.74, 6) is -3.38. The van der Waals surface area contributed by atoms with Gasteiger partial charge in [0, 0.05) is 30.3 Å². The molecular formula is C20H19F6N5O3. The second-order valence-corrected chi connectivity index (χ2v) is 8.28. The third-order valence-corrected chi connectivity index (χ3v) is 5.59. The van der Waals surface area contributed by atoms with Crippen LogP contribution in [0.1, 0.15) is 57.4 Å². The molecule has 0 spiro atoms. The highest BCUT2D eigenvalue weighted by Gasteiger charge is 2.48. The average molecular weight is 491 g/mol. The number of alkyl halides is 6. The molecule has 184 valence electrons. The third-order valence-electron chi connectivity index (χ3n) is 5.59. The zero-order valence-electron chi connectivity index (χ0n) is 17.4. The fourth-order valence-electron chi connectivity index (χ4n) is 3.89. The van der Waals surface area contributed by atoms with Gasteiger partial charge in [-0.2, -0.15) is 31.4 Å². The number of nitrogens with two attached hydrogens (primary N) is 1. The van der Waals surface area contributed by atoms with Crippen LogP contribution in [0.3, 0.4) is 0 Å². The summed E-state index contributed by atoms with van der Waals surface area (Å²) in [5.41, 5.74) is 2.53. The molecule has 1 aliphatic heterocycles. The molecule has 0 unspecified atom stereocenters. The van der Waals surface area contributed by atoms with E-state index in [0.717, 1.165) is 16.9 Å². The lowest BCUT2D eigenvalue weighted by atomic mass is 10.0. The number of hydrogen-bond donors (Lipinski definition) is 2. The van der Waals surface area contributed by atoms with Crippen molar-refractivity contribution >= 4 is 17.5 Å². The van der Waals surface area contributed by atoms with Gasteiger partial charge in [-0.25, -0.2) is 0 Å². The Balaban J connectivity index is 1.69. The summed E-state index contributed by atoms with van der Waals surface area (Å²) in [5, 5.41) is 6.29. The molecule has 0 radical (unpaired) electrons. The van der Waals surface area contributed by atoms with Crippen molar-refractivity contribution in [3.63, 3.8) is 0 Å². The van der Waals surface area contributed by atoms with Gasteiger partial charge in [-0.15, -0.1) is 0 Å². The number of nitrogens with zero attached hydrogens (tertiary/aromatic N) is 3. The van der Waals surface area contributed by atoms with E-state index in [-0.39, 0.29) is 30.2 Å². The average Bonchev–Trinajstić information content (AvgIpc) is 3.32. The number of pyridine rings is 1. The number of carbonyl (C=O) groups excluding carboxylic acids is 2. The Bertz CT molecular complexity index is 1110. The lowest BCUT2D eigenvalue weighted by Gasteiger charge is -2.15. The van der Waals surface area contributed by atoms with E-state index in [4.69, 9.17) is 10.5 Å². The maximum Gasteiger partial charge on any atom is 0.420 e. The second kappa shape index (κ2) is 8.56. The Hall–Kier alpha value is -3.16. The van der Waals surface area contributed by atoms with Gasteiger partial charge in [-0.3, -0.25) is 19.3 Å². The first-order chi connectivity index (χ1) is 15.8. The van der Waals surface area contributed by atoms with Gasteiger partial charge in [0.2, 0.25) is 0 Å². The van der Waals surface area contributed by atoms with Crippen LogP contribution in [-0.4, -0.2) is 45.5 Å². The first-order valence-corrected chi connectivity index (χ1v) is 10.3. The van der Waals surface area contributed by atoms with Crippen LogP contribution in [0.5, 0.6) is 0 Å². The molecule has 1 aliphatic carbocycles. The summed E-state index contributed by atoms with van der Waals surface area (Å²) in [4.78, 5) is 28.0. The summed E-state index contributed by atoms with van der Waals surface area (Å²) in [6, 6.07) is 2.34. The summed E-state index contributed by atoms with van der Waals surface area (Å²) in [6.07, 6.45) is -9.97. The largest absolute Gasteiger partial charge is 0.420 e. The maximum atomic E-state index is 14.0. The fraction of sp³-hybridized carbons (Fsp3) is 0.500. The molecule has 3 N–H and O–H groups in total. The van der Waals surface area contributed by atoms with Gasteiger partial charge < -0.3 is 15.8 Å². The first-order valence-electron chi connectivity index (χ1n) is 10.3. The van der Waals surface area contributed by atoms with Crippen LogP contribution in [0.2, 0.25) is 0 Å². The number of anilines is 1. The minimum Gasteiger partial charge on any atom is -0.368 e. The molecule has 34 heavy (non-hydrogen) atoms. The van der Waals surface area contributed by atoms with Crippen molar-refractivity contribution < 1.29 is 40.7 Å². The van der Waals surface area contributed by atoms with Gasteiger partial charge in [0.25, 0.3) is 11.8 Å². The highest BCUT2D eigenvalue weighted by atomic mass is 19.4. The van der Waals surface area contributed by atoms with Crippen molar-refractivity contribution in [1.29, 1.82) is 0 Å². The molecule has 1 saturated carbocycles. The SMILES string of the molecule is NC(=O)c1cc(NC(=O)c2c(C(F)(F)F)c(C3CC3)nn2C[C@H]2CO[C@@H](C(F)(F)F)C2)ccn1. The fourth-order valence-corrected chi connectivity index (χ4v) is 3.89. The molecule has 8 nitrogen and oxygen atoms in total. The molecule has 2 fully saturated rings. The summed E-state index contributed by atoms with van der Waals surface area (Å²) in [6.45, 7) is -0.703. The van der Waals surface area contributed by atoms with E-state index in [1.54, 1.807) is 0 Å². The van der Waals surface area contributed by atoms with Crippen molar-refractivity contribution in [3.05, 3.63) is 41.0 Å². The number of halogens is 6. The molecule has 3 heterocycles. The van der Waals surface area contributed by atoms with Crippen molar-refractivity contribution in [3.8, 4) is 0 Å². The van der Waals surface area contributed by atoms with Gasteiger partial charge in [-0.05, 0) is 31.4 Å². The molecule has 2 aromatic heterocycles. The zero-order chi connectivity index (χ0) is 24.8. The standard InChI is InChI=1S/C20H19F6N5O3/c21-19(22,23)13-5-9(8-34-13)7-31-16(14(20(24,25)26)15(30-31)10-1-2-10)18(33)29-11-3-4-28-12(6-11)17(27)32/h3-4,6,9-10,13H,1-2,5,7-8H2,(H2,27,32)(H,28,29,33)/t9-,13+/m0/s1. The minimum absolute atomic E-state index is 0.0380. The monoisotopic (exact) mass is 491 g/mol. The predicted molar refractivity (Wildman–Crippen MR) is 104 cm³/mol. The molecule has 2 aliphatic rings. The van der Waals surface area contributed by atoms with Crippen LogP contribution in [-0.2, 0) is 17.5 Å². The highest BCUT2D eigenvalue weighted by molar-refractivity contribution is 6.05. The van der Waals surface area contributed by atoms with Crippen molar-refractivity contribution in [2.45, 2.75) is 50.2 Å². The quantitative estimate of drug-likeness (QED) is 0.601. The highest BCUT2D eigenvalue weighted by Crippen LogP contribution is 2.47. The third kappa shape index (κ3) is 5.00. The second-order valence-electron chi connectivity index (χ2n) is 8.28. The number of rotatable bonds is 6. The van der Waals surface area contributed by atoms with Gasteiger partial charge in [0.05, 0.1) is 12.3 Å². The molecule has 1 saturated heterocycles. The summed E-state index contributed by atoms with van der Waals surface area (Å²) in [7, 11) is 0. The summed E-state index contributed by atoms with van der Waals surface area (Å²) >= 11 is 0. The Labute approximate surface area is 188 Å². The molecular weight excluding hydrogens is 472 g/mol. The normalized spacial score (nSPS) is 21.0. The van der Waals surface area contributed by atoms with Gasteiger partial charge >= 0.3 is 12.4 Å². The Morgan fingerprint density at radius 2 is 1.91 bits per heavy atom. The van der Waals surface area contributed by atoms with E-state index in [0.29, 0.717) is 12.8 Å². The van der Waals surface area contributed by atoms with Crippen LogP contribution in [0.4, 0.5) is 32.0 Å². The van der Waals surface area contributed by atoms with Crippen molar-refractivity contribution in [2.75, 3.05) is 11.9 Å². The molecule has 2 aromatic rings. The topological polar surface area (TPSA) is 112 Å². The number of hydrogen-bond acceptors (Lipinski definition) is 5. The smallest absolute Gasteiger partial charge is 0.368 e.